The van der Waals surface area contributed by atoms with Gasteiger partial charge >= 0.3 is 53.7 Å². The predicted molar refractivity (Wildman–Crippen MR) is 212 cm³/mol. The summed E-state index contributed by atoms with van der Waals surface area (Å²) in [4.78, 5) is 107. The predicted octanol–water partition coefficient (Wildman–Crippen LogP) is 2.87. The van der Waals surface area contributed by atoms with Gasteiger partial charge in [-0.25, -0.2) is 0 Å². The summed E-state index contributed by atoms with van der Waals surface area (Å²) in [5.41, 5.74) is 0. The van der Waals surface area contributed by atoms with Crippen LogP contribution in [0.25, 0.3) is 0 Å². The van der Waals surface area contributed by atoms with Gasteiger partial charge in [0.25, 0.3) is 0 Å². The highest BCUT2D eigenvalue weighted by atomic mass is 16.7. The molecule has 358 valence electrons. The molecule has 0 saturated carbocycles. The first kappa shape index (κ1) is 78.7. The number of carbonyl (C=O) groups is 11. The molecular formula is C37H72O23. The summed E-state index contributed by atoms with van der Waals surface area (Å²) in [5, 5.41) is 0. The Hall–Kier alpha value is -5.55. The first-order valence-electron chi connectivity index (χ1n) is 17.3. The van der Waals surface area contributed by atoms with Crippen LogP contribution in [0.4, 0.5) is 0 Å². The molecule has 0 aromatic heterocycles. The van der Waals surface area contributed by atoms with E-state index >= 15 is 0 Å². The smallest absolute Gasteiger partial charge is 0.316 e. The lowest BCUT2D eigenvalue weighted by Crippen LogP contribution is -2.09. The van der Waals surface area contributed by atoms with E-state index in [0.717, 1.165) is 13.2 Å². The van der Waals surface area contributed by atoms with E-state index in [-0.39, 0.29) is 32.4 Å². The molecule has 0 unspecified atom stereocenters. The van der Waals surface area contributed by atoms with Crippen LogP contribution in [0, 0.1) is 0 Å². The van der Waals surface area contributed by atoms with Gasteiger partial charge in [-0.15, -0.1) is 0 Å². The van der Waals surface area contributed by atoms with Crippen LogP contribution in [-0.2, 0) is 110 Å². The molecule has 0 atom stereocenters. The molecule has 0 saturated heterocycles. The fraction of sp³-hybridized carbons (Fsp3) is 0.703. The number of methoxy groups -OCH3 is 6. The Bertz CT molecular complexity index is 874. The first-order chi connectivity index (χ1) is 28.2. The summed E-state index contributed by atoms with van der Waals surface area (Å²) in [7, 11) is 8.03. The molecule has 0 spiro atoms. The Morgan fingerprint density at radius 1 is 0.367 bits per heavy atom. The third kappa shape index (κ3) is 140. The molecule has 0 aromatic carbocycles. The van der Waals surface area contributed by atoms with Gasteiger partial charge in [0, 0.05) is 61.5 Å². The average Bonchev–Trinajstić information content (AvgIpc) is 3.21. The van der Waals surface area contributed by atoms with Crippen LogP contribution in [-0.4, -0.2) is 150 Å². The van der Waals surface area contributed by atoms with Crippen LogP contribution < -0.4 is 0 Å². The molecule has 0 aliphatic rings. The van der Waals surface area contributed by atoms with Crippen molar-refractivity contribution in [2.24, 2.45) is 0 Å². The summed E-state index contributed by atoms with van der Waals surface area (Å²) in [5.74, 6) is -4.30. The zero-order valence-corrected chi connectivity index (χ0v) is 38.4. The van der Waals surface area contributed by atoms with Gasteiger partial charge in [-0.1, -0.05) is 27.2 Å². The summed E-state index contributed by atoms with van der Waals surface area (Å²) < 4.78 is 52.1. The van der Waals surface area contributed by atoms with Crippen LogP contribution in [0.5, 0.6) is 0 Å². The van der Waals surface area contributed by atoms with Crippen molar-refractivity contribution in [3.05, 3.63) is 0 Å². The van der Waals surface area contributed by atoms with E-state index in [1.54, 1.807) is 28.1 Å². The van der Waals surface area contributed by atoms with Gasteiger partial charge in [0.2, 0.25) is 13.6 Å². The molecule has 60 heavy (non-hydrogen) atoms. The van der Waals surface area contributed by atoms with Crippen LogP contribution in [0.3, 0.4) is 0 Å². The second-order valence-electron chi connectivity index (χ2n) is 8.78. The second-order valence-corrected chi connectivity index (χ2v) is 8.78. The summed E-state index contributed by atoms with van der Waals surface area (Å²) in [6, 6.07) is 0. The van der Waals surface area contributed by atoms with Crippen molar-refractivity contribution in [2.75, 3.05) is 82.9 Å². The molecule has 0 N–H and O–H groups in total. The average molecular weight is 885 g/mol. The highest BCUT2D eigenvalue weighted by Crippen LogP contribution is 1.87. The molecule has 0 aromatic rings. The van der Waals surface area contributed by atoms with Gasteiger partial charge in [-0.3, -0.25) is 43.2 Å². The molecule has 0 aliphatic carbocycles. The summed E-state index contributed by atoms with van der Waals surface area (Å²) in [6.07, 6.45) is 1.10. The molecule has 0 rings (SSSR count). The van der Waals surface area contributed by atoms with Crippen LogP contribution in [0.2, 0.25) is 0 Å². The Morgan fingerprint density at radius 3 is 0.683 bits per heavy atom. The van der Waals surface area contributed by atoms with Gasteiger partial charge in [-0.05, 0) is 20.8 Å². The van der Waals surface area contributed by atoms with Gasteiger partial charge in [0.05, 0.1) is 35.0 Å². The minimum atomic E-state index is -0.582. The highest BCUT2D eigenvalue weighted by molar-refractivity contribution is 5.91. The van der Waals surface area contributed by atoms with E-state index in [9.17, 15) is 43.2 Å². The topological polar surface area (TPSA) is 299 Å². The molecule has 0 radical (unpaired) electrons. The Morgan fingerprint density at radius 2 is 0.600 bits per heavy atom. The van der Waals surface area contributed by atoms with E-state index in [0.29, 0.717) is 19.8 Å². The van der Waals surface area contributed by atoms with Crippen molar-refractivity contribution in [2.45, 2.75) is 94.9 Å². The Labute approximate surface area is 354 Å². The SMILES string of the molecule is C=O.C=O.CC(=O)OCOC(C)=O.CC(=O)OCOC(C)=O.CCC.CCOC(=O)CC.CCOCC.COC(=O)CC(=O)OC.COC(=O)CC(=O)OC.COCOC. The number of carbonyl (C=O) groups excluding carboxylic acids is 11. The molecule has 0 heterocycles. The standard InChI is InChI=1S/4C5H8O4.C5H10O2.C4H10O.C3H8O2.C3H8.2CH2O/c2*1-8-4(6)3-5(7)9-2;2*1-4(6)8-3-9-5(2)7;1-3-5(6)7-4-2;1-3-5-4-2;1-4-3-5-2;1-3-2;2*1-2/h4*3H2,1-2H3;3-4H2,1-2H3;3-4H2,1-2H3;3H2,1-2H3;3H2,1-2H3;2*1H2. The van der Waals surface area contributed by atoms with Crippen LogP contribution in [0.15, 0.2) is 0 Å². The normalized spacial score (nSPS) is 7.73. The maximum absolute atomic E-state index is 10.3. The van der Waals surface area contributed by atoms with Gasteiger partial charge in [-0.2, -0.15) is 0 Å². The number of hydrogen-bond donors (Lipinski definition) is 0. The molecule has 0 amide bonds. The lowest BCUT2D eigenvalue weighted by atomic mass is 10.4. The quantitative estimate of drug-likeness (QED) is 0.105. The maximum Gasteiger partial charge on any atom is 0.316 e. The van der Waals surface area contributed by atoms with Crippen molar-refractivity contribution < 1.29 is 110 Å². The molecule has 23 nitrogen and oxygen atoms in total. The molecule has 0 fully saturated rings. The van der Waals surface area contributed by atoms with Crippen molar-refractivity contribution in [1.29, 1.82) is 0 Å². The minimum Gasteiger partial charge on any atom is -0.469 e. The Balaban J connectivity index is -0.0000000597. The molecule has 0 bridgehead atoms. The fourth-order valence-corrected chi connectivity index (χ4v) is 1.50. The number of rotatable bonds is 14. The van der Waals surface area contributed by atoms with Gasteiger partial charge in [0.1, 0.15) is 33.2 Å². The maximum atomic E-state index is 10.3. The number of esters is 9. The molecular weight excluding hydrogens is 812 g/mol. The van der Waals surface area contributed by atoms with Crippen molar-refractivity contribution in [1.82, 2.24) is 0 Å². The van der Waals surface area contributed by atoms with E-state index in [1.165, 1.54) is 62.6 Å². The Kier molecular flexibility index (Phi) is 102. The number of hydrogen-bond acceptors (Lipinski definition) is 23. The monoisotopic (exact) mass is 884 g/mol. The third-order valence-electron chi connectivity index (χ3n) is 3.77. The van der Waals surface area contributed by atoms with Crippen LogP contribution in [0.1, 0.15) is 94.9 Å². The lowest BCUT2D eigenvalue weighted by molar-refractivity contribution is -0.165. The summed E-state index contributed by atoms with van der Waals surface area (Å²) in [6.45, 7) is 22.8. The highest BCUT2D eigenvalue weighted by Gasteiger charge is 2.08. The van der Waals surface area contributed by atoms with E-state index in [2.05, 4.69) is 66.0 Å². The van der Waals surface area contributed by atoms with Gasteiger partial charge in [0.15, 0.2) is 0 Å². The van der Waals surface area contributed by atoms with Crippen molar-refractivity contribution in [3.8, 4) is 0 Å². The van der Waals surface area contributed by atoms with E-state index in [1.807, 2.05) is 27.4 Å². The summed E-state index contributed by atoms with van der Waals surface area (Å²) >= 11 is 0. The van der Waals surface area contributed by atoms with Crippen LogP contribution >= 0.6 is 0 Å². The van der Waals surface area contributed by atoms with Gasteiger partial charge < -0.3 is 66.4 Å². The van der Waals surface area contributed by atoms with E-state index < -0.39 is 47.8 Å². The fourth-order valence-electron chi connectivity index (χ4n) is 1.50. The lowest BCUT2D eigenvalue weighted by Gasteiger charge is -1.99. The number of ether oxygens (including phenoxy) is 12. The van der Waals surface area contributed by atoms with E-state index in [4.69, 9.17) is 14.3 Å². The molecule has 0 aliphatic heterocycles. The van der Waals surface area contributed by atoms with Crippen molar-refractivity contribution in [3.63, 3.8) is 0 Å². The second kappa shape index (κ2) is 77.9. The van der Waals surface area contributed by atoms with Crippen molar-refractivity contribution >= 4 is 67.3 Å². The minimum absolute atomic E-state index is 0.123. The first-order valence-corrected chi connectivity index (χ1v) is 17.3. The third-order valence-corrected chi connectivity index (χ3v) is 3.77. The molecule has 23 heteroatoms. The largest absolute Gasteiger partial charge is 0.469 e. The zero-order valence-electron chi connectivity index (χ0n) is 38.4. The zero-order chi connectivity index (χ0) is 49.8.